The van der Waals surface area contributed by atoms with E-state index in [2.05, 4.69) is 5.32 Å². The van der Waals surface area contributed by atoms with Crippen molar-refractivity contribution < 1.29 is 10.0 Å². The van der Waals surface area contributed by atoms with Crippen LogP contribution in [-0.4, -0.2) is 27.1 Å². The quantitative estimate of drug-likeness (QED) is 0.634. The lowest BCUT2D eigenvalue weighted by Gasteiger charge is -2.36. The maximum absolute atomic E-state index is 12.1. The lowest BCUT2D eigenvalue weighted by Crippen LogP contribution is -2.52. The molecule has 1 aliphatic heterocycles. The standard InChI is InChI=1S/C15H20N2O2/c1-14(2)15(3,4)17(19)13(16-14)10-12(18)11-8-6-5-7-9-11/h5-10,16,19H,1-4H3/b13-10-. The highest BCUT2D eigenvalue weighted by Gasteiger charge is 2.49. The first kappa shape index (κ1) is 13.6. The summed E-state index contributed by atoms with van der Waals surface area (Å²) in [6, 6.07) is 9.01. The van der Waals surface area contributed by atoms with Gasteiger partial charge in [0.05, 0.1) is 11.1 Å². The molecule has 0 aromatic heterocycles. The van der Waals surface area contributed by atoms with E-state index in [1.54, 1.807) is 12.1 Å². The van der Waals surface area contributed by atoms with E-state index >= 15 is 0 Å². The number of nitrogens with zero attached hydrogens (tertiary/aromatic N) is 1. The normalized spacial score (nSPS) is 22.4. The zero-order valence-corrected chi connectivity index (χ0v) is 11.8. The molecule has 1 aromatic rings. The third kappa shape index (κ3) is 2.24. The van der Waals surface area contributed by atoms with E-state index in [4.69, 9.17) is 0 Å². The van der Waals surface area contributed by atoms with Gasteiger partial charge in [-0.15, -0.1) is 0 Å². The highest BCUT2D eigenvalue weighted by Crippen LogP contribution is 2.36. The third-order valence-electron chi connectivity index (χ3n) is 4.05. The second-order valence-electron chi connectivity index (χ2n) is 5.88. The third-order valence-corrected chi connectivity index (χ3v) is 4.05. The van der Waals surface area contributed by atoms with Gasteiger partial charge in [0.25, 0.3) is 0 Å². The van der Waals surface area contributed by atoms with Crippen molar-refractivity contribution in [3.8, 4) is 0 Å². The number of hydroxylamine groups is 2. The van der Waals surface area contributed by atoms with Crippen LogP contribution in [0.15, 0.2) is 42.2 Å². The molecule has 2 rings (SSSR count). The predicted molar refractivity (Wildman–Crippen MR) is 73.8 cm³/mol. The van der Waals surface area contributed by atoms with Crippen LogP contribution in [0.2, 0.25) is 0 Å². The van der Waals surface area contributed by atoms with Gasteiger partial charge in [0, 0.05) is 11.6 Å². The molecule has 0 saturated carbocycles. The van der Waals surface area contributed by atoms with E-state index in [0.29, 0.717) is 11.4 Å². The van der Waals surface area contributed by atoms with Gasteiger partial charge in [0.1, 0.15) is 5.82 Å². The van der Waals surface area contributed by atoms with Crippen molar-refractivity contribution in [3.05, 3.63) is 47.8 Å². The Morgan fingerprint density at radius 2 is 1.79 bits per heavy atom. The molecule has 0 atom stereocenters. The van der Waals surface area contributed by atoms with E-state index in [0.717, 1.165) is 5.06 Å². The van der Waals surface area contributed by atoms with Gasteiger partial charge in [-0.05, 0) is 27.7 Å². The zero-order valence-electron chi connectivity index (χ0n) is 11.8. The summed E-state index contributed by atoms with van der Waals surface area (Å²) in [5, 5.41) is 14.5. The highest BCUT2D eigenvalue weighted by molar-refractivity contribution is 6.04. The topological polar surface area (TPSA) is 52.6 Å². The summed E-state index contributed by atoms with van der Waals surface area (Å²) in [6.07, 6.45) is 1.44. The van der Waals surface area contributed by atoms with Crippen LogP contribution < -0.4 is 5.32 Å². The number of carbonyl (C=O) groups is 1. The van der Waals surface area contributed by atoms with Gasteiger partial charge in [-0.3, -0.25) is 10.0 Å². The van der Waals surface area contributed by atoms with E-state index in [9.17, 15) is 10.0 Å². The summed E-state index contributed by atoms with van der Waals surface area (Å²) in [5.74, 6) is 0.305. The second kappa shape index (κ2) is 4.38. The highest BCUT2D eigenvalue weighted by atomic mass is 16.5. The van der Waals surface area contributed by atoms with Gasteiger partial charge >= 0.3 is 0 Å². The van der Waals surface area contributed by atoms with Crippen molar-refractivity contribution in [3.63, 3.8) is 0 Å². The first-order valence-electron chi connectivity index (χ1n) is 6.34. The summed E-state index contributed by atoms with van der Waals surface area (Å²) in [4.78, 5) is 12.1. The number of hydrogen-bond donors (Lipinski definition) is 2. The average molecular weight is 260 g/mol. The smallest absolute Gasteiger partial charge is 0.189 e. The van der Waals surface area contributed by atoms with E-state index in [1.807, 2.05) is 45.9 Å². The molecule has 0 radical (unpaired) electrons. The Kier molecular flexibility index (Phi) is 3.14. The summed E-state index contributed by atoms with van der Waals surface area (Å²) >= 11 is 0. The van der Waals surface area contributed by atoms with Gasteiger partial charge in [-0.25, -0.2) is 5.06 Å². The fourth-order valence-corrected chi connectivity index (χ4v) is 2.00. The lowest BCUT2D eigenvalue weighted by molar-refractivity contribution is -0.122. The number of carbonyl (C=O) groups excluding carboxylic acids is 1. The van der Waals surface area contributed by atoms with Gasteiger partial charge in [0.2, 0.25) is 0 Å². The molecule has 0 spiro atoms. The van der Waals surface area contributed by atoms with Gasteiger partial charge in [-0.2, -0.15) is 0 Å². The maximum atomic E-state index is 12.1. The molecule has 0 unspecified atom stereocenters. The minimum Gasteiger partial charge on any atom is -0.363 e. The number of benzene rings is 1. The van der Waals surface area contributed by atoms with Crippen LogP contribution >= 0.6 is 0 Å². The van der Waals surface area contributed by atoms with Crippen molar-refractivity contribution in [1.82, 2.24) is 10.4 Å². The Labute approximate surface area is 113 Å². The molecular weight excluding hydrogens is 240 g/mol. The van der Waals surface area contributed by atoms with Crippen molar-refractivity contribution in [2.75, 3.05) is 0 Å². The molecular formula is C15H20N2O2. The molecule has 1 aromatic carbocycles. The molecule has 4 nitrogen and oxygen atoms in total. The van der Waals surface area contributed by atoms with Gasteiger partial charge in [0.15, 0.2) is 5.78 Å². The molecule has 4 heteroatoms. The minimum atomic E-state index is -0.490. The maximum Gasteiger partial charge on any atom is 0.189 e. The average Bonchev–Trinajstić information content (AvgIpc) is 2.51. The van der Waals surface area contributed by atoms with Crippen LogP contribution in [0.5, 0.6) is 0 Å². The van der Waals surface area contributed by atoms with Crippen LogP contribution in [0.25, 0.3) is 0 Å². The molecule has 19 heavy (non-hydrogen) atoms. The summed E-state index contributed by atoms with van der Waals surface area (Å²) in [5.41, 5.74) is -0.215. The number of allylic oxidation sites excluding steroid dienone is 1. The zero-order chi connectivity index (χ0) is 14.3. The fraction of sp³-hybridized carbons (Fsp3) is 0.400. The fourth-order valence-electron chi connectivity index (χ4n) is 2.00. The van der Waals surface area contributed by atoms with Crippen molar-refractivity contribution in [2.24, 2.45) is 0 Å². The molecule has 1 fully saturated rings. The van der Waals surface area contributed by atoms with Crippen LogP contribution in [0.1, 0.15) is 38.1 Å². The number of hydrogen-bond acceptors (Lipinski definition) is 4. The van der Waals surface area contributed by atoms with E-state index in [-0.39, 0.29) is 11.3 Å². The Balaban J connectivity index is 2.29. The monoisotopic (exact) mass is 260 g/mol. The van der Waals surface area contributed by atoms with E-state index in [1.165, 1.54) is 6.08 Å². The first-order chi connectivity index (χ1) is 8.75. The van der Waals surface area contributed by atoms with Gasteiger partial charge < -0.3 is 5.32 Å². The summed E-state index contributed by atoms with van der Waals surface area (Å²) < 4.78 is 0. The number of nitrogens with one attached hydrogen (secondary N) is 1. The molecule has 1 heterocycles. The largest absolute Gasteiger partial charge is 0.363 e. The Morgan fingerprint density at radius 3 is 2.26 bits per heavy atom. The van der Waals surface area contributed by atoms with Crippen LogP contribution in [-0.2, 0) is 0 Å². The van der Waals surface area contributed by atoms with E-state index < -0.39 is 5.54 Å². The van der Waals surface area contributed by atoms with Crippen molar-refractivity contribution in [1.29, 1.82) is 0 Å². The molecule has 1 aliphatic rings. The van der Waals surface area contributed by atoms with Crippen LogP contribution in [0.3, 0.4) is 0 Å². The summed E-state index contributed by atoms with van der Waals surface area (Å²) in [6.45, 7) is 7.83. The minimum absolute atomic E-state index is 0.129. The first-order valence-corrected chi connectivity index (χ1v) is 6.34. The Hall–Kier alpha value is -1.81. The molecule has 0 bridgehead atoms. The SMILES string of the molecule is CC1(C)N/C(=C/C(=O)c2ccccc2)N(O)C1(C)C. The molecule has 0 amide bonds. The predicted octanol–water partition coefficient (Wildman–Crippen LogP) is 2.56. The van der Waals surface area contributed by atoms with Crippen molar-refractivity contribution in [2.45, 2.75) is 38.8 Å². The Morgan fingerprint density at radius 1 is 1.21 bits per heavy atom. The van der Waals surface area contributed by atoms with Crippen molar-refractivity contribution >= 4 is 5.78 Å². The van der Waals surface area contributed by atoms with Crippen LogP contribution in [0, 0.1) is 0 Å². The molecule has 1 saturated heterocycles. The summed E-state index contributed by atoms with van der Waals surface area (Å²) in [7, 11) is 0. The molecule has 0 aliphatic carbocycles. The number of ketones is 1. The molecule has 2 N–H and O–H groups in total. The Bertz CT molecular complexity index is 518. The molecule has 102 valence electrons. The lowest BCUT2D eigenvalue weighted by atomic mass is 9.84. The number of rotatable bonds is 2. The second-order valence-corrected chi connectivity index (χ2v) is 5.88. The van der Waals surface area contributed by atoms with Crippen LogP contribution in [0.4, 0.5) is 0 Å². The van der Waals surface area contributed by atoms with Gasteiger partial charge in [-0.1, -0.05) is 30.3 Å².